The van der Waals surface area contributed by atoms with Gasteiger partial charge in [0, 0.05) is 13.0 Å². The van der Waals surface area contributed by atoms with Gasteiger partial charge in [-0.1, -0.05) is 6.92 Å². The first-order valence-corrected chi connectivity index (χ1v) is 4.96. The van der Waals surface area contributed by atoms with E-state index in [1.807, 2.05) is 0 Å². The van der Waals surface area contributed by atoms with Gasteiger partial charge in [-0.2, -0.15) is 0 Å². The summed E-state index contributed by atoms with van der Waals surface area (Å²) >= 11 is 0. The van der Waals surface area contributed by atoms with E-state index in [1.54, 1.807) is 7.05 Å². The number of hydrogen-bond donors (Lipinski definition) is 0. The van der Waals surface area contributed by atoms with E-state index in [0.29, 0.717) is 0 Å². The monoisotopic (exact) mass is 185 g/mol. The standard InChI is InChI=1S/C10H19NO2/c1-8-4-6-9(7-5-8)10(12)11(2)13-3/h8-9H,4-7H2,1-3H3. The highest BCUT2D eigenvalue weighted by Crippen LogP contribution is 2.29. The highest BCUT2D eigenvalue weighted by atomic mass is 16.7. The summed E-state index contributed by atoms with van der Waals surface area (Å²) in [6, 6.07) is 0. The van der Waals surface area contributed by atoms with Crippen LogP contribution in [0.15, 0.2) is 0 Å². The SMILES string of the molecule is CON(C)C(=O)C1CCC(C)CC1. The summed E-state index contributed by atoms with van der Waals surface area (Å²) in [4.78, 5) is 16.5. The van der Waals surface area contributed by atoms with E-state index in [1.165, 1.54) is 25.0 Å². The third-order valence-electron chi connectivity index (χ3n) is 2.95. The fourth-order valence-electron chi connectivity index (χ4n) is 1.85. The highest BCUT2D eigenvalue weighted by Gasteiger charge is 2.26. The first-order valence-electron chi connectivity index (χ1n) is 4.96. The van der Waals surface area contributed by atoms with Crippen molar-refractivity contribution in [2.45, 2.75) is 32.6 Å². The smallest absolute Gasteiger partial charge is 0.248 e. The second kappa shape index (κ2) is 4.61. The molecule has 1 aliphatic carbocycles. The highest BCUT2D eigenvalue weighted by molar-refractivity contribution is 5.77. The Labute approximate surface area is 80.0 Å². The molecule has 0 saturated heterocycles. The van der Waals surface area contributed by atoms with E-state index in [9.17, 15) is 4.79 Å². The van der Waals surface area contributed by atoms with Crippen molar-refractivity contribution in [1.82, 2.24) is 5.06 Å². The van der Waals surface area contributed by atoms with Gasteiger partial charge in [-0.05, 0) is 31.6 Å². The zero-order chi connectivity index (χ0) is 9.84. The number of nitrogens with zero attached hydrogens (tertiary/aromatic N) is 1. The van der Waals surface area contributed by atoms with E-state index >= 15 is 0 Å². The first-order chi connectivity index (χ1) is 6.15. The lowest BCUT2D eigenvalue weighted by molar-refractivity contribution is -0.174. The van der Waals surface area contributed by atoms with E-state index < -0.39 is 0 Å². The Balaban J connectivity index is 2.40. The molecule has 1 saturated carbocycles. The molecule has 0 aromatic rings. The molecule has 0 aromatic heterocycles. The summed E-state index contributed by atoms with van der Waals surface area (Å²) in [5, 5.41) is 1.35. The Morgan fingerprint density at radius 3 is 2.31 bits per heavy atom. The molecule has 1 aliphatic rings. The number of rotatable bonds is 2. The molecule has 0 atom stereocenters. The van der Waals surface area contributed by atoms with Crippen LogP contribution in [0.2, 0.25) is 0 Å². The van der Waals surface area contributed by atoms with Gasteiger partial charge in [-0.3, -0.25) is 9.63 Å². The van der Waals surface area contributed by atoms with Crippen LogP contribution in [0.5, 0.6) is 0 Å². The predicted molar refractivity (Wildman–Crippen MR) is 50.9 cm³/mol. The van der Waals surface area contributed by atoms with Crippen LogP contribution in [0.3, 0.4) is 0 Å². The minimum Gasteiger partial charge on any atom is -0.275 e. The lowest BCUT2D eigenvalue weighted by Crippen LogP contribution is -2.33. The van der Waals surface area contributed by atoms with Crippen molar-refractivity contribution in [1.29, 1.82) is 0 Å². The summed E-state index contributed by atoms with van der Waals surface area (Å²) < 4.78 is 0. The normalized spacial score (nSPS) is 28.5. The van der Waals surface area contributed by atoms with E-state index in [4.69, 9.17) is 4.84 Å². The molecule has 3 nitrogen and oxygen atoms in total. The molecule has 0 N–H and O–H groups in total. The van der Waals surface area contributed by atoms with Gasteiger partial charge in [0.05, 0.1) is 7.11 Å². The second-order valence-electron chi connectivity index (χ2n) is 3.98. The van der Waals surface area contributed by atoms with Crippen molar-refractivity contribution in [3.63, 3.8) is 0 Å². The third kappa shape index (κ3) is 2.69. The molecule has 3 heteroatoms. The van der Waals surface area contributed by atoms with Crippen molar-refractivity contribution >= 4 is 5.91 Å². The lowest BCUT2D eigenvalue weighted by atomic mass is 9.82. The molecule has 0 unspecified atom stereocenters. The molecule has 0 spiro atoms. The zero-order valence-corrected chi connectivity index (χ0v) is 8.75. The Bertz CT molecular complexity index is 174. The van der Waals surface area contributed by atoms with Crippen LogP contribution in [0, 0.1) is 11.8 Å². The third-order valence-corrected chi connectivity index (χ3v) is 2.95. The topological polar surface area (TPSA) is 29.5 Å². The number of carbonyl (C=O) groups is 1. The molecule has 0 bridgehead atoms. The fourth-order valence-corrected chi connectivity index (χ4v) is 1.85. The van der Waals surface area contributed by atoms with Gasteiger partial charge < -0.3 is 0 Å². The maximum absolute atomic E-state index is 11.6. The van der Waals surface area contributed by atoms with Gasteiger partial charge >= 0.3 is 0 Å². The summed E-state index contributed by atoms with van der Waals surface area (Å²) in [5.41, 5.74) is 0. The van der Waals surface area contributed by atoms with E-state index in [-0.39, 0.29) is 11.8 Å². The summed E-state index contributed by atoms with van der Waals surface area (Å²) in [5.74, 6) is 1.12. The molecule has 1 rings (SSSR count). The van der Waals surface area contributed by atoms with Gasteiger partial charge in [-0.25, -0.2) is 5.06 Å². The van der Waals surface area contributed by atoms with Crippen molar-refractivity contribution in [3.05, 3.63) is 0 Å². The molecule has 0 heterocycles. The molecule has 13 heavy (non-hydrogen) atoms. The molecule has 0 radical (unpaired) electrons. The van der Waals surface area contributed by atoms with Crippen LogP contribution in [0.1, 0.15) is 32.6 Å². The Morgan fingerprint density at radius 2 is 1.85 bits per heavy atom. The molecule has 76 valence electrons. The summed E-state index contributed by atoms with van der Waals surface area (Å²) in [7, 11) is 3.21. The average molecular weight is 185 g/mol. The minimum absolute atomic E-state index is 0.134. The maximum atomic E-state index is 11.6. The number of hydroxylamine groups is 2. The number of amides is 1. The van der Waals surface area contributed by atoms with Crippen molar-refractivity contribution in [3.8, 4) is 0 Å². The maximum Gasteiger partial charge on any atom is 0.248 e. The quantitative estimate of drug-likeness (QED) is 0.614. The average Bonchev–Trinajstić information content (AvgIpc) is 2.17. The molecular formula is C10H19NO2. The molecule has 0 aliphatic heterocycles. The molecule has 1 fully saturated rings. The minimum atomic E-state index is 0.134. The van der Waals surface area contributed by atoms with Gasteiger partial charge in [0.15, 0.2) is 0 Å². The van der Waals surface area contributed by atoms with Crippen molar-refractivity contribution < 1.29 is 9.63 Å². The molecular weight excluding hydrogens is 166 g/mol. The molecule has 0 aromatic carbocycles. The zero-order valence-electron chi connectivity index (χ0n) is 8.75. The first kappa shape index (κ1) is 10.5. The van der Waals surface area contributed by atoms with Crippen LogP contribution >= 0.6 is 0 Å². The largest absolute Gasteiger partial charge is 0.275 e. The fraction of sp³-hybridized carbons (Fsp3) is 0.900. The van der Waals surface area contributed by atoms with Gasteiger partial charge in [0.25, 0.3) is 0 Å². The number of carbonyl (C=O) groups excluding carboxylic acids is 1. The van der Waals surface area contributed by atoms with Crippen molar-refractivity contribution in [2.75, 3.05) is 14.2 Å². The van der Waals surface area contributed by atoms with Crippen LogP contribution < -0.4 is 0 Å². The second-order valence-corrected chi connectivity index (χ2v) is 3.98. The van der Waals surface area contributed by atoms with Gasteiger partial charge in [0.1, 0.15) is 0 Å². The van der Waals surface area contributed by atoms with Gasteiger partial charge in [-0.15, -0.1) is 0 Å². The Morgan fingerprint density at radius 1 is 1.31 bits per heavy atom. The van der Waals surface area contributed by atoms with Crippen molar-refractivity contribution in [2.24, 2.45) is 11.8 Å². The Hall–Kier alpha value is -0.570. The van der Waals surface area contributed by atoms with Crippen LogP contribution in [0.25, 0.3) is 0 Å². The number of hydrogen-bond acceptors (Lipinski definition) is 2. The molecule has 1 amide bonds. The predicted octanol–water partition coefficient (Wildman–Crippen LogP) is 1.83. The van der Waals surface area contributed by atoms with Gasteiger partial charge in [0.2, 0.25) is 5.91 Å². The Kier molecular flexibility index (Phi) is 3.72. The van der Waals surface area contributed by atoms with Crippen LogP contribution in [-0.4, -0.2) is 25.1 Å². The summed E-state index contributed by atoms with van der Waals surface area (Å²) in [6.07, 6.45) is 4.39. The van der Waals surface area contributed by atoms with E-state index in [0.717, 1.165) is 18.8 Å². The summed E-state index contributed by atoms with van der Waals surface area (Å²) in [6.45, 7) is 2.25. The lowest BCUT2D eigenvalue weighted by Gasteiger charge is -2.27. The van der Waals surface area contributed by atoms with Crippen LogP contribution in [-0.2, 0) is 9.63 Å². The van der Waals surface area contributed by atoms with Crippen LogP contribution in [0.4, 0.5) is 0 Å². The van der Waals surface area contributed by atoms with E-state index in [2.05, 4.69) is 6.92 Å².